The van der Waals surface area contributed by atoms with Crippen LogP contribution in [-0.4, -0.2) is 24.1 Å². The smallest absolute Gasteiger partial charge is 0.0937 e. The first-order valence-electron chi connectivity index (χ1n) is 5.13. The van der Waals surface area contributed by atoms with E-state index in [0.717, 1.165) is 32.4 Å². The summed E-state index contributed by atoms with van der Waals surface area (Å²) in [6.07, 6.45) is 5.16. The molecule has 0 saturated carbocycles. The monoisotopic (exact) mass is 213 g/mol. The Hall–Kier alpha value is -0.450. The summed E-state index contributed by atoms with van der Waals surface area (Å²) in [6, 6.07) is 0.329. The second kappa shape index (κ2) is 6.92. The van der Waals surface area contributed by atoms with E-state index >= 15 is 0 Å². The van der Waals surface area contributed by atoms with Gasteiger partial charge in [-0.15, -0.1) is 11.3 Å². The van der Waals surface area contributed by atoms with Crippen molar-refractivity contribution in [1.29, 1.82) is 0 Å². The Labute approximate surface area is 89.7 Å². The highest BCUT2D eigenvalue weighted by molar-refractivity contribution is 7.09. The molecule has 1 aromatic heterocycles. The molecular formula is C10H19N3S. The first kappa shape index (κ1) is 11.6. The van der Waals surface area contributed by atoms with Crippen molar-refractivity contribution in [3.63, 3.8) is 0 Å². The molecule has 0 aliphatic heterocycles. The van der Waals surface area contributed by atoms with Crippen LogP contribution in [0.4, 0.5) is 0 Å². The first-order chi connectivity index (χ1) is 6.79. The Morgan fingerprint density at radius 3 is 3.07 bits per heavy atom. The van der Waals surface area contributed by atoms with Gasteiger partial charge in [-0.05, 0) is 26.3 Å². The highest BCUT2D eigenvalue weighted by atomic mass is 32.1. The van der Waals surface area contributed by atoms with Crippen LogP contribution in [0.5, 0.6) is 0 Å². The van der Waals surface area contributed by atoms with Crippen molar-refractivity contribution in [2.75, 3.05) is 13.1 Å². The van der Waals surface area contributed by atoms with Gasteiger partial charge in [0.15, 0.2) is 0 Å². The lowest BCUT2D eigenvalue weighted by atomic mass is 10.2. The van der Waals surface area contributed by atoms with Crippen LogP contribution in [0, 0.1) is 0 Å². The van der Waals surface area contributed by atoms with Gasteiger partial charge in [0.1, 0.15) is 0 Å². The summed E-state index contributed by atoms with van der Waals surface area (Å²) in [6.45, 7) is 4.13. The van der Waals surface area contributed by atoms with Crippen molar-refractivity contribution in [2.45, 2.75) is 32.2 Å². The molecule has 0 aliphatic rings. The van der Waals surface area contributed by atoms with Gasteiger partial charge in [-0.2, -0.15) is 0 Å². The maximum Gasteiger partial charge on any atom is 0.0937 e. The summed E-state index contributed by atoms with van der Waals surface area (Å²) in [5.41, 5.74) is 5.65. The zero-order chi connectivity index (χ0) is 10.2. The molecule has 14 heavy (non-hydrogen) atoms. The zero-order valence-corrected chi connectivity index (χ0v) is 9.52. The van der Waals surface area contributed by atoms with E-state index < -0.39 is 0 Å². The number of aromatic nitrogens is 1. The van der Waals surface area contributed by atoms with Gasteiger partial charge < -0.3 is 11.1 Å². The van der Waals surface area contributed by atoms with Crippen LogP contribution in [0.25, 0.3) is 0 Å². The Bertz CT molecular complexity index is 221. The Morgan fingerprint density at radius 1 is 1.57 bits per heavy atom. The highest BCUT2D eigenvalue weighted by Crippen LogP contribution is 2.03. The third kappa shape index (κ3) is 5.32. The summed E-state index contributed by atoms with van der Waals surface area (Å²) >= 11 is 1.72. The van der Waals surface area contributed by atoms with Crippen LogP contribution >= 0.6 is 11.3 Å². The van der Waals surface area contributed by atoms with E-state index in [4.69, 9.17) is 5.73 Å². The van der Waals surface area contributed by atoms with Crippen LogP contribution in [-0.2, 0) is 6.42 Å². The standard InChI is InChI=1S/C10H19N3S/c1-9(11)3-2-5-12-6-4-10-13-7-8-14-10/h7-9,12H,2-6,11H2,1H3. The van der Waals surface area contributed by atoms with Crippen molar-refractivity contribution in [3.05, 3.63) is 16.6 Å². The fourth-order valence-electron chi connectivity index (χ4n) is 1.25. The van der Waals surface area contributed by atoms with Crippen molar-refractivity contribution in [2.24, 2.45) is 5.73 Å². The van der Waals surface area contributed by atoms with E-state index in [2.05, 4.69) is 17.2 Å². The maximum absolute atomic E-state index is 5.65. The number of hydrogen-bond acceptors (Lipinski definition) is 4. The lowest BCUT2D eigenvalue weighted by Gasteiger charge is -2.05. The van der Waals surface area contributed by atoms with E-state index in [1.54, 1.807) is 11.3 Å². The molecule has 1 aromatic rings. The van der Waals surface area contributed by atoms with Gasteiger partial charge >= 0.3 is 0 Å². The van der Waals surface area contributed by atoms with Crippen molar-refractivity contribution in [3.8, 4) is 0 Å². The normalized spacial score (nSPS) is 13.0. The fraction of sp³-hybridized carbons (Fsp3) is 0.700. The predicted molar refractivity (Wildman–Crippen MR) is 61.6 cm³/mol. The van der Waals surface area contributed by atoms with Crippen molar-refractivity contribution >= 4 is 11.3 Å². The Morgan fingerprint density at radius 2 is 2.43 bits per heavy atom. The minimum absolute atomic E-state index is 0.329. The number of hydrogen-bond donors (Lipinski definition) is 2. The Kier molecular flexibility index (Phi) is 5.75. The molecule has 1 atom stereocenters. The largest absolute Gasteiger partial charge is 0.328 e. The van der Waals surface area contributed by atoms with Gasteiger partial charge in [-0.3, -0.25) is 0 Å². The number of thiazole rings is 1. The van der Waals surface area contributed by atoms with E-state index in [1.165, 1.54) is 5.01 Å². The third-order valence-corrected chi connectivity index (χ3v) is 2.85. The molecule has 80 valence electrons. The van der Waals surface area contributed by atoms with Crippen LogP contribution in [0.15, 0.2) is 11.6 Å². The van der Waals surface area contributed by atoms with Crippen LogP contribution in [0.1, 0.15) is 24.8 Å². The second-order valence-electron chi connectivity index (χ2n) is 3.55. The topological polar surface area (TPSA) is 50.9 Å². The molecule has 0 spiro atoms. The van der Waals surface area contributed by atoms with Gasteiger partial charge in [-0.1, -0.05) is 0 Å². The predicted octanol–water partition coefficient (Wildman–Crippen LogP) is 1.40. The maximum atomic E-state index is 5.65. The molecule has 1 rings (SSSR count). The molecule has 0 aliphatic carbocycles. The average Bonchev–Trinajstić information content (AvgIpc) is 2.63. The molecule has 1 unspecified atom stereocenters. The molecule has 0 amide bonds. The molecule has 0 radical (unpaired) electrons. The molecule has 4 heteroatoms. The van der Waals surface area contributed by atoms with Gasteiger partial charge in [-0.25, -0.2) is 4.98 Å². The molecule has 0 fully saturated rings. The van der Waals surface area contributed by atoms with Crippen LogP contribution in [0.3, 0.4) is 0 Å². The summed E-state index contributed by atoms with van der Waals surface area (Å²) in [4.78, 5) is 4.22. The van der Waals surface area contributed by atoms with Gasteiger partial charge in [0.25, 0.3) is 0 Å². The quantitative estimate of drug-likeness (QED) is 0.673. The zero-order valence-electron chi connectivity index (χ0n) is 8.70. The summed E-state index contributed by atoms with van der Waals surface area (Å²) in [7, 11) is 0. The SMILES string of the molecule is CC(N)CCCNCCc1nccs1. The van der Waals surface area contributed by atoms with Gasteiger partial charge in [0, 0.05) is 30.6 Å². The molecule has 0 saturated heterocycles. The first-order valence-corrected chi connectivity index (χ1v) is 6.01. The molecule has 1 heterocycles. The lowest BCUT2D eigenvalue weighted by molar-refractivity contribution is 0.575. The summed E-state index contributed by atoms with van der Waals surface area (Å²) in [5, 5.41) is 6.62. The van der Waals surface area contributed by atoms with E-state index in [0.29, 0.717) is 6.04 Å². The molecular weight excluding hydrogens is 194 g/mol. The number of nitrogens with one attached hydrogen (secondary N) is 1. The van der Waals surface area contributed by atoms with E-state index in [1.807, 2.05) is 11.6 Å². The lowest BCUT2D eigenvalue weighted by Crippen LogP contribution is -2.21. The van der Waals surface area contributed by atoms with Crippen LogP contribution in [0.2, 0.25) is 0 Å². The van der Waals surface area contributed by atoms with Gasteiger partial charge in [0.2, 0.25) is 0 Å². The minimum Gasteiger partial charge on any atom is -0.328 e. The van der Waals surface area contributed by atoms with Crippen molar-refractivity contribution in [1.82, 2.24) is 10.3 Å². The number of nitrogens with two attached hydrogens (primary N) is 1. The highest BCUT2D eigenvalue weighted by Gasteiger charge is 1.96. The number of rotatable bonds is 7. The summed E-state index contributed by atoms with van der Waals surface area (Å²) < 4.78 is 0. The number of nitrogens with zero attached hydrogens (tertiary/aromatic N) is 1. The van der Waals surface area contributed by atoms with Crippen LogP contribution < -0.4 is 11.1 Å². The molecule has 3 N–H and O–H groups in total. The van der Waals surface area contributed by atoms with E-state index in [-0.39, 0.29) is 0 Å². The molecule has 3 nitrogen and oxygen atoms in total. The fourth-order valence-corrected chi connectivity index (χ4v) is 1.87. The Balaban J connectivity index is 1.90. The molecule has 0 bridgehead atoms. The summed E-state index contributed by atoms with van der Waals surface area (Å²) in [5.74, 6) is 0. The van der Waals surface area contributed by atoms with Gasteiger partial charge in [0.05, 0.1) is 5.01 Å². The third-order valence-electron chi connectivity index (χ3n) is 2.01. The second-order valence-corrected chi connectivity index (χ2v) is 4.52. The van der Waals surface area contributed by atoms with E-state index in [9.17, 15) is 0 Å². The van der Waals surface area contributed by atoms with Crippen molar-refractivity contribution < 1.29 is 0 Å². The average molecular weight is 213 g/mol. The minimum atomic E-state index is 0.329. The molecule has 0 aromatic carbocycles.